The molecule has 0 saturated heterocycles. The van der Waals surface area contributed by atoms with Gasteiger partial charge in [-0.2, -0.15) is 0 Å². The van der Waals surface area contributed by atoms with Crippen molar-refractivity contribution in [2.75, 3.05) is 35.9 Å². The van der Waals surface area contributed by atoms with Crippen molar-refractivity contribution in [3.63, 3.8) is 0 Å². The van der Waals surface area contributed by atoms with Crippen LogP contribution in [0, 0.1) is 0 Å². The van der Waals surface area contributed by atoms with Gasteiger partial charge in [0.15, 0.2) is 6.10 Å². The molecule has 12 heteroatoms. The van der Waals surface area contributed by atoms with Crippen molar-refractivity contribution >= 4 is 72.8 Å². The highest BCUT2D eigenvalue weighted by Gasteiger charge is 2.38. The second kappa shape index (κ2) is 14.4. The van der Waals surface area contributed by atoms with Crippen LogP contribution in [0.5, 0.6) is 0 Å². The summed E-state index contributed by atoms with van der Waals surface area (Å²) in [5, 5.41) is 22.9. The molecule has 5 N–H and O–H groups in total. The molecule has 4 heterocycles. The number of benzene rings is 2. The van der Waals surface area contributed by atoms with Gasteiger partial charge in [0.05, 0.1) is 59.6 Å². The average molecular weight is 701 g/mol. The van der Waals surface area contributed by atoms with E-state index in [1.807, 2.05) is 0 Å². The van der Waals surface area contributed by atoms with E-state index in [4.69, 9.17) is 19.5 Å². The highest BCUT2D eigenvalue weighted by atomic mass is 32.2. The summed E-state index contributed by atoms with van der Waals surface area (Å²) in [4.78, 5) is 29.9. The molecule has 0 amide bonds. The van der Waals surface area contributed by atoms with E-state index in [-0.39, 0.29) is 12.6 Å². The van der Waals surface area contributed by atoms with Crippen molar-refractivity contribution in [1.29, 1.82) is 0 Å². The van der Waals surface area contributed by atoms with E-state index in [9.17, 15) is 9.90 Å². The van der Waals surface area contributed by atoms with E-state index in [2.05, 4.69) is 69.1 Å². The smallest absolute Gasteiger partial charge is 0.337 e. The Morgan fingerprint density at radius 3 is 1.98 bits per heavy atom. The van der Waals surface area contributed by atoms with Gasteiger partial charge in [0.25, 0.3) is 0 Å². The number of esters is 1. The van der Waals surface area contributed by atoms with Crippen molar-refractivity contribution < 1.29 is 19.4 Å². The number of hydrogen-bond acceptors (Lipinski definition) is 10. The molecule has 4 aliphatic rings. The first kappa shape index (κ1) is 32.7. The van der Waals surface area contributed by atoms with Gasteiger partial charge < -0.3 is 35.2 Å². The number of methoxy groups -OCH3 is 1. The van der Waals surface area contributed by atoms with Gasteiger partial charge >= 0.3 is 5.97 Å². The number of nitrogens with zero attached hydrogens (tertiary/aromatic N) is 2. The maximum absolute atomic E-state index is 12.9. The molecule has 2 saturated carbocycles. The Morgan fingerprint density at radius 1 is 0.857 bits per heavy atom. The molecule has 0 spiro atoms. The van der Waals surface area contributed by atoms with E-state index in [0.717, 1.165) is 60.4 Å². The number of carbonyl (C=O) groups excluding carboxylic acids is 1. The lowest BCUT2D eigenvalue weighted by Gasteiger charge is -2.24. The number of rotatable bonds is 12. The number of hydrogen-bond donors (Lipinski definition) is 5. The predicted octanol–water partition coefficient (Wildman–Crippen LogP) is 6.70. The topological polar surface area (TPSA) is 136 Å². The molecular weight excluding hydrogens is 657 g/mol. The standard InChI is InChI=1S/C37H44N6O4S2/c1-46-37(45)34(33(44)30-20-49-36(43-30)29-17-22-9-7-15-27(32(22)42-29)39-24-12-4-5-13-24)47-18-25-19-48-35(40-25)28-16-21-8-6-14-26(31(21)41-28)38-23-10-2-3-11-23/h6-9,14-17,23-25,30,33-34,38-39,41-42,44H,2-5,10-13,18-20H2,1H3/t25-,30+,33?,34?/m1/s1. The number of thioether (sulfide) groups is 2. The lowest BCUT2D eigenvalue weighted by Crippen LogP contribution is -2.45. The molecule has 2 aromatic heterocycles. The number of H-pyrrole nitrogens is 2. The van der Waals surface area contributed by atoms with Crippen LogP contribution in [-0.4, -0.2) is 92.7 Å². The fourth-order valence-electron chi connectivity index (χ4n) is 7.56. The third-order valence-corrected chi connectivity index (χ3v) is 12.5. The monoisotopic (exact) mass is 700 g/mol. The van der Waals surface area contributed by atoms with Crippen LogP contribution >= 0.6 is 23.5 Å². The Hall–Kier alpha value is -3.45. The molecular formula is C37H44N6O4S2. The number of anilines is 2. The first-order chi connectivity index (χ1) is 24.0. The number of nitrogens with one attached hydrogen (secondary N) is 4. The number of aliphatic hydroxyl groups excluding tert-OH is 1. The molecule has 8 rings (SSSR count). The molecule has 2 fully saturated rings. The van der Waals surface area contributed by atoms with Crippen molar-refractivity contribution in [2.24, 2.45) is 9.98 Å². The van der Waals surface area contributed by atoms with Crippen molar-refractivity contribution in [3.8, 4) is 0 Å². The minimum Gasteiger partial charge on any atom is -0.467 e. The first-order valence-electron chi connectivity index (χ1n) is 17.6. The normalized spacial score (nSPS) is 22.9. The van der Waals surface area contributed by atoms with Gasteiger partial charge in [-0.1, -0.05) is 49.9 Å². The summed E-state index contributed by atoms with van der Waals surface area (Å²) in [5.74, 6) is 0.652. The molecule has 2 aliphatic heterocycles. The van der Waals surface area contributed by atoms with Gasteiger partial charge in [0, 0.05) is 34.4 Å². The van der Waals surface area contributed by atoms with Gasteiger partial charge in [-0.25, -0.2) is 4.79 Å². The summed E-state index contributed by atoms with van der Waals surface area (Å²) in [7, 11) is 1.32. The summed E-state index contributed by atoms with van der Waals surface area (Å²) in [5.41, 5.74) is 6.30. The minimum absolute atomic E-state index is 0.155. The number of para-hydroxylation sites is 2. The quantitative estimate of drug-likeness (QED) is 0.103. The fourth-order valence-corrected chi connectivity index (χ4v) is 9.65. The van der Waals surface area contributed by atoms with Crippen LogP contribution in [0.4, 0.5) is 11.4 Å². The van der Waals surface area contributed by atoms with E-state index >= 15 is 0 Å². The van der Waals surface area contributed by atoms with Crippen LogP contribution in [-0.2, 0) is 14.3 Å². The lowest BCUT2D eigenvalue weighted by molar-refractivity contribution is -0.163. The zero-order valence-corrected chi connectivity index (χ0v) is 29.4. The van der Waals surface area contributed by atoms with Crippen molar-refractivity contribution in [2.45, 2.75) is 87.7 Å². The molecule has 10 nitrogen and oxygen atoms in total. The summed E-state index contributed by atoms with van der Waals surface area (Å²) in [6.45, 7) is 0.192. The van der Waals surface area contributed by atoms with E-state index in [1.54, 1.807) is 23.5 Å². The number of aliphatic imine (C=N–C) groups is 2. The SMILES string of the molecule is COC(=O)C(OC[C@@H]1CSC(c2cc3cccc(NC4CCCC4)c3[nH]2)=N1)C(O)[C@@H]1CSC(c2cc3cccc(NC4CCCC4)c3[nH]2)=N1. The summed E-state index contributed by atoms with van der Waals surface area (Å²) >= 11 is 3.25. The maximum Gasteiger partial charge on any atom is 0.337 e. The third kappa shape index (κ3) is 6.97. The fraction of sp³-hybridized carbons (Fsp3) is 0.486. The number of ether oxygens (including phenoxy) is 2. The number of aromatic amines is 2. The molecule has 2 aliphatic carbocycles. The predicted molar refractivity (Wildman–Crippen MR) is 202 cm³/mol. The summed E-state index contributed by atoms with van der Waals surface area (Å²) < 4.78 is 11.2. The molecule has 258 valence electrons. The highest BCUT2D eigenvalue weighted by Crippen LogP contribution is 2.34. The number of aliphatic hydroxyl groups is 1. The Bertz CT molecular complexity index is 1870. The molecule has 0 bridgehead atoms. The van der Waals surface area contributed by atoms with Gasteiger partial charge in [-0.05, 0) is 49.9 Å². The third-order valence-electron chi connectivity index (χ3n) is 10.2. The number of fused-ring (bicyclic) bond motifs is 2. The summed E-state index contributed by atoms with van der Waals surface area (Å²) in [6.07, 6.45) is 7.63. The van der Waals surface area contributed by atoms with Crippen molar-refractivity contribution in [1.82, 2.24) is 9.97 Å². The lowest BCUT2D eigenvalue weighted by atomic mass is 10.1. The minimum atomic E-state index is -1.16. The molecule has 2 aromatic carbocycles. The second-order valence-electron chi connectivity index (χ2n) is 13.6. The zero-order valence-electron chi connectivity index (χ0n) is 27.7. The second-order valence-corrected chi connectivity index (χ2v) is 15.7. The van der Waals surface area contributed by atoms with Crippen LogP contribution in [0.2, 0.25) is 0 Å². The summed E-state index contributed by atoms with van der Waals surface area (Å²) in [6, 6.07) is 17.3. The number of aromatic nitrogens is 2. The Balaban J connectivity index is 0.930. The molecule has 4 atom stereocenters. The van der Waals surface area contributed by atoms with Crippen molar-refractivity contribution in [3.05, 3.63) is 59.9 Å². The number of carbonyl (C=O) groups is 1. The van der Waals surface area contributed by atoms with Crippen LogP contribution in [0.3, 0.4) is 0 Å². The van der Waals surface area contributed by atoms with Gasteiger partial charge in [-0.15, -0.1) is 23.5 Å². The van der Waals surface area contributed by atoms with E-state index in [0.29, 0.717) is 17.8 Å². The van der Waals surface area contributed by atoms with Crippen LogP contribution in [0.15, 0.2) is 58.5 Å². The Labute approximate surface area is 294 Å². The molecule has 4 aromatic rings. The first-order valence-corrected chi connectivity index (χ1v) is 19.6. The molecule has 49 heavy (non-hydrogen) atoms. The average Bonchev–Trinajstić information content (AvgIpc) is 3.96. The van der Waals surface area contributed by atoms with E-state index in [1.165, 1.54) is 58.5 Å². The Morgan fingerprint density at radius 2 is 1.41 bits per heavy atom. The maximum atomic E-state index is 12.9. The van der Waals surface area contributed by atoms with Gasteiger partial charge in [0.1, 0.15) is 16.2 Å². The Kier molecular flexibility index (Phi) is 9.63. The highest BCUT2D eigenvalue weighted by molar-refractivity contribution is 8.15. The molecule has 2 unspecified atom stereocenters. The largest absolute Gasteiger partial charge is 0.467 e. The van der Waals surface area contributed by atoms with Crippen LogP contribution < -0.4 is 10.6 Å². The van der Waals surface area contributed by atoms with Gasteiger partial charge in [-0.3, -0.25) is 9.98 Å². The van der Waals surface area contributed by atoms with E-state index < -0.39 is 24.2 Å². The van der Waals surface area contributed by atoms with Crippen LogP contribution in [0.1, 0.15) is 62.8 Å². The zero-order chi connectivity index (χ0) is 33.3. The molecule has 0 radical (unpaired) electrons. The van der Waals surface area contributed by atoms with Gasteiger partial charge in [0.2, 0.25) is 0 Å². The van der Waals surface area contributed by atoms with Crippen LogP contribution in [0.25, 0.3) is 21.8 Å².